The van der Waals surface area contributed by atoms with Gasteiger partial charge in [0.2, 0.25) is 16.9 Å². The number of carbonyl (C=O) groups excluding carboxylic acids is 2. The van der Waals surface area contributed by atoms with Crippen LogP contribution in [0.25, 0.3) is 5.78 Å². The highest BCUT2D eigenvalue weighted by Crippen LogP contribution is 2.34. The van der Waals surface area contributed by atoms with Gasteiger partial charge in [0.15, 0.2) is 5.78 Å². The van der Waals surface area contributed by atoms with Crippen LogP contribution in [-0.4, -0.2) is 74.8 Å². The zero-order valence-electron chi connectivity index (χ0n) is 20.9. The molecule has 196 valence electrons. The zero-order valence-corrected chi connectivity index (χ0v) is 21.7. The average molecular weight is 528 g/mol. The maximum atomic E-state index is 13.6. The smallest absolute Gasteiger partial charge is 0.256 e. The lowest BCUT2D eigenvalue weighted by molar-refractivity contribution is -0.146. The van der Waals surface area contributed by atoms with Crippen molar-refractivity contribution >= 4 is 29.2 Å². The van der Waals surface area contributed by atoms with Crippen molar-refractivity contribution in [3.8, 4) is 5.88 Å². The fraction of sp³-hybridized carbons (Fsp3) is 0.500. The number of carbonyl (C=O) groups is 2. The minimum Gasteiger partial charge on any atom is -0.475 e. The van der Waals surface area contributed by atoms with E-state index in [-0.39, 0.29) is 36.1 Å². The lowest BCUT2D eigenvalue weighted by Crippen LogP contribution is -2.51. The summed E-state index contributed by atoms with van der Waals surface area (Å²) in [4.78, 5) is 37.4. The first kappa shape index (κ1) is 25.6. The number of ether oxygens (including phenoxy) is 2. The number of halogens is 1. The summed E-state index contributed by atoms with van der Waals surface area (Å²) in [6.07, 6.45) is 4.73. The Morgan fingerprint density at radius 2 is 1.92 bits per heavy atom. The predicted molar refractivity (Wildman–Crippen MR) is 135 cm³/mol. The van der Waals surface area contributed by atoms with Gasteiger partial charge in [-0.2, -0.15) is 9.50 Å². The van der Waals surface area contributed by atoms with Gasteiger partial charge in [0.25, 0.3) is 5.78 Å². The molecule has 0 spiro atoms. The van der Waals surface area contributed by atoms with Gasteiger partial charge in [-0.05, 0) is 50.3 Å². The molecule has 9 nitrogen and oxygen atoms in total. The van der Waals surface area contributed by atoms with Crippen LogP contribution in [0.3, 0.4) is 0 Å². The molecule has 3 atom stereocenters. The quantitative estimate of drug-likeness (QED) is 0.340. The van der Waals surface area contributed by atoms with Crippen LogP contribution in [0.2, 0.25) is 0 Å². The number of hydrogen-bond acceptors (Lipinski definition) is 8. The van der Waals surface area contributed by atoms with E-state index in [1.807, 2.05) is 13.2 Å². The molecule has 1 aliphatic carbocycles. The van der Waals surface area contributed by atoms with Crippen LogP contribution in [0.4, 0.5) is 4.39 Å². The predicted octanol–water partition coefficient (Wildman–Crippen LogP) is 3.59. The molecule has 1 aromatic carbocycles. The van der Waals surface area contributed by atoms with E-state index in [1.54, 1.807) is 15.5 Å². The molecule has 2 aliphatic rings. The largest absolute Gasteiger partial charge is 0.475 e. The molecule has 5 rings (SSSR count). The first-order chi connectivity index (χ1) is 17.9. The summed E-state index contributed by atoms with van der Waals surface area (Å²) in [5, 5.41) is 5.02. The summed E-state index contributed by atoms with van der Waals surface area (Å²) in [5.74, 6) is -0.277. The summed E-state index contributed by atoms with van der Waals surface area (Å²) < 4.78 is 26.9. The van der Waals surface area contributed by atoms with Crippen molar-refractivity contribution in [1.82, 2.24) is 24.5 Å². The maximum absolute atomic E-state index is 13.6. The molecule has 2 fully saturated rings. The highest BCUT2D eigenvalue weighted by atomic mass is 32.2. The minimum atomic E-state index is -0.393. The summed E-state index contributed by atoms with van der Waals surface area (Å²) in [7, 11) is 0. The Kier molecular flexibility index (Phi) is 7.71. The van der Waals surface area contributed by atoms with Crippen molar-refractivity contribution in [2.24, 2.45) is 11.8 Å². The molecule has 2 aromatic heterocycles. The fourth-order valence-corrected chi connectivity index (χ4v) is 5.46. The number of morpholine rings is 1. The number of rotatable bonds is 7. The molecular formula is C26H30FN5O4S. The van der Waals surface area contributed by atoms with Crippen LogP contribution < -0.4 is 4.74 Å². The first-order valence-corrected chi connectivity index (χ1v) is 13.8. The van der Waals surface area contributed by atoms with Crippen molar-refractivity contribution < 1.29 is 23.5 Å². The van der Waals surface area contributed by atoms with Gasteiger partial charge in [-0.3, -0.25) is 9.59 Å². The molecule has 0 bridgehead atoms. The van der Waals surface area contributed by atoms with Gasteiger partial charge in [0, 0.05) is 35.7 Å². The van der Waals surface area contributed by atoms with Crippen LogP contribution in [0.5, 0.6) is 5.88 Å². The van der Waals surface area contributed by atoms with E-state index in [9.17, 15) is 14.0 Å². The molecule has 1 saturated carbocycles. The first-order valence-electron chi connectivity index (χ1n) is 12.5. The van der Waals surface area contributed by atoms with Crippen LogP contribution in [-0.2, 0) is 9.53 Å². The molecule has 1 unspecified atom stereocenters. The van der Waals surface area contributed by atoms with Gasteiger partial charge >= 0.3 is 0 Å². The third-order valence-corrected chi connectivity index (χ3v) is 7.52. The van der Waals surface area contributed by atoms with Crippen LogP contribution >= 0.6 is 11.8 Å². The third-order valence-electron chi connectivity index (χ3n) is 6.99. The summed E-state index contributed by atoms with van der Waals surface area (Å²) >= 11 is 1.43. The molecule has 0 N–H and O–H groups in total. The number of Topliss-reactive ketones (excluding diaryl/α,β-unsaturated/α-hetero) is 1. The number of fused-ring (bicyclic) bond motifs is 1. The topological polar surface area (TPSA) is 98.9 Å². The number of hydrogen-bond donors (Lipinski definition) is 0. The van der Waals surface area contributed by atoms with E-state index in [2.05, 4.69) is 15.1 Å². The van der Waals surface area contributed by atoms with Gasteiger partial charge in [0.05, 0.1) is 13.2 Å². The van der Waals surface area contributed by atoms with Crippen molar-refractivity contribution in [3.05, 3.63) is 47.4 Å². The highest BCUT2D eigenvalue weighted by molar-refractivity contribution is 7.98. The molecule has 37 heavy (non-hydrogen) atoms. The van der Waals surface area contributed by atoms with Gasteiger partial charge in [-0.25, -0.2) is 9.37 Å². The molecule has 3 aromatic rings. The van der Waals surface area contributed by atoms with Crippen molar-refractivity contribution in [1.29, 1.82) is 0 Å². The van der Waals surface area contributed by atoms with E-state index in [0.29, 0.717) is 54.9 Å². The van der Waals surface area contributed by atoms with Gasteiger partial charge in [0.1, 0.15) is 18.5 Å². The molecular weight excluding hydrogens is 497 g/mol. The molecule has 1 saturated heterocycles. The Bertz CT molecular complexity index is 1280. The SMILES string of the molecule is CSc1nc2nc(C)cc(OCC3CN(C(=O)[C@@H]4CCCC[C@H]4C(=O)c4ccc(F)cc4)CCO3)n2n1. The van der Waals surface area contributed by atoms with Crippen molar-refractivity contribution in [2.45, 2.75) is 43.9 Å². The van der Waals surface area contributed by atoms with Crippen LogP contribution in [0.1, 0.15) is 41.7 Å². The van der Waals surface area contributed by atoms with E-state index in [1.165, 1.54) is 36.0 Å². The summed E-state index contributed by atoms with van der Waals surface area (Å²) in [6, 6.07) is 7.39. The zero-order chi connectivity index (χ0) is 25.9. The van der Waals surface area contributed by atoms with Crippen molar-refractivity contribution in [3.63, 3.8) is 0 Å². The van der Waals surface area contributed by atoms with Gasteiger partial charge in [-0.15, -0.1) is 5.10 Å². The third kappa shape index (κ3) is 5.62. The Hall–Kier alpha value is -3.05. The fourth-order valence-electron chi connectivity index (χ4n) is 5.13. The Balaban J connectivity index is 1.25. The van der Waals surface area contributed by atoms with E-state index in [4.69, 9.17) is 9.47 Å². The normalized spacial score (nSPS) is 22.2. The Labute approximate surface area is 218 Å². The molecule has 0 radical (unpaired) electrons. The Morgan fingerprint density at radius 1 is 1.16 bits per heavy atom. The number of aryl methyl sites for hydroxylation is 1. The van der Waals surface area contributed by atoms with E-state index >= 15 is 0 Å². The summed E-state index contributed by atoms with van der Waals surface area (Å²) in [5.41, 5.74) is 1.22. The number of thioether (sulfide) groups is 1. The maximum Gasteiger partial charge on any atom is 0.256 e. The molecule has 1 aliphatic heterocycles. The molecule has 11 heteroatoms. The van der Waals surface area contributed by atoms with Crippen LogP contribution in [0.15, 0.2) is 35.5 Å². The number of ketones is 1. The highest BCUT2D eigenvalue weighted by Gasteiger charge is 2.39. The van der Waals surface area contributed by atoms with Gasteiger partial charge < -0.3 is 14.4 Å². The van der Waals surface area contributed by atoms with E-state index in [0.717, 1.165) is 18.5 Å². The Morgan fingerprint density at radius 3 is 2.68 bits per heavy atom. The molecule has 1 amide bonds. The summed E-state index contributed by atoms with van der Waals surface area (Å²) in [6.45, 7) is 3.36. The second-order valence-electron chi connectivity index (χ2n) is 9.50. The van der Waals surface area contributed by atoms with Gasteiger partial charge in [-0.1, -0.05) is 24.6 Å². The second-order valence-corrected chi connectivity index (χ2v) is 10.3. The number of amides is 1. The minimum absolute atomic E-state index is 0.0171. The average Bonchev–Trinajstić information content (AvgIpc) is 3.35. The van der Waals surface area contributed by atoms with E-state index < -0.39 is 5.92 Å². The number of nitrogens with zero attached hydrogens (tertiary/aromatic N) is 5. The van der Waals surface area contributed by atoms with Crippen molar-refractivity contribution in [2.75, 3.05) is 32.6 Å². The second kappa shape index (κ2) is 11.1. The lowest BCUT2D eigenvalue weighted by atomic mass is 9.74. The number of benzene rings is 1. The number of aromatic nitrogens is 4. The molecule has 3 heterocycles. The van der Waals surface area contributed by atoms with Crippen LogP contribution in [0, 0.1) is 24.6 Å². The standard InChI is InChI=1S/C26H30FN5O4S/c1-16-13-22(32-25(28-16)29-26(30-32)37-2)36-15-19-14-31(11-12-35-19)24(34)21-6-4-3-5-20(21)23(33)17-7-9-18(27)10-8-17/h7-10,13,19-21H,3-6,11-12,14-15H2,1-2H3/t19?,20-,21-/m1/s1. The lowest BCUT2D eigenvalue weighted by Gasteiger charge is -2.38. The monoisotopic (exact) mass is 527 g/mol.